The summed E-state index contributed by atoms with van der Waals surface area (Å²) >= 11 is 3.25. The Bertz CT molecular complexity index is 825. The molecule has 2 aromatic rings. The number of Topliss-reactive ketones (excluding diaryl/α,β-unsaturated/α-hetero) is 1. The summed E-state index contributed by atoms with van der Waals surface area (Å²) in [7, 11) is 0. The van der Waals surface area contributed by atoms with Gasteiger partial charge < -0.3 is 4.90 Å². The van der Waals surface area contributed by atoms with Crippen molar-refractivity contribution in [3.63, 3.8) is 0 Å². The van der Waals surface area contributed by atoms with Crippen LogP contribution in [-0.2, 0) is 9.59 Å². The van der Waals surface area contributed by atoms with Crippen LogP contribution in [0.1, 0.15) is 18.0 Å². The van der Waals surface area contributed by atoms with E-state index in [4.69, 9.17) is 0 Å². The average molecular weight is 367 g/mol. The lowest BCUT2D eigenvalue weighted by molar-refractivity contribution is -0.124. The fraction of sp³-hybridized carbons (Fsp3) is 0.200. The fourth-order valence-corrected chi connectivity index (χ4v) is 5.80. The summed E-state index contributed by atoms with van der Waals surface area (Å²) in [6.07, 6.45) is 0.324. The maximum absolute atomic E-state index is 13.3. The summed E-state index contributed by atoms with van der Waals surface area (Å²) in [5, 5.41) is 0. The van der Waals surface area contributed by atoms with Gasteiger partial charge in [-0.3, -0.25) is 9.59 Å². The molecule has 0 saturated carbocycles. The molecule has 1 atom stereocenters. The molecule has 1 unspecified atom stereocenters. The van der Waals surface area contributed by atoms with Gasteiger partial charge in [-0.1, -0.05) is 48.5 Å². The Kier molecular flexibility index (Phi) is 4.68. The fourth-order valence-electron chi connectivity index (χ4n) is 3.23. The maximum Gasteiger partial charge on any atom is 0.264 e. The third-order valence-corrected chi connectivity index (χ3v) is 7.09. The van der Waals surface area contributed by atoms with Gasteiger partial charge in [0.25, 0.3) is 5.91 Å². The Labute approximate surface area is 155 Å². The number of amides is 1. The maximum atomic E-state index is 13.3. The van der Waals surface area contributed by atoms with Gasteiger partial charge in [-0.15, -0.1) is 23.5 Å². The molecule has 2 fully saturated rings. The Morgan fingerprint density at radius 2 is 1.44 bits per heavy atom. The first-order valence-electron chi connectivity index (χ1n) is 8.22. The second-order valence-electron chi connectivity index (χ2n) is 5.92. The minimum absolute atomic E-state index is 0.0389. The molecule has 0 aliphatic carbocycles. The van der Waals surface area contributed by atoms with Crippen LogP contribution in [0.25, 0.3) is 0 Å². The predicted octanol–water partition coefficient (Wildman–Crippen LogP) is 4.43. The second kappa shape index (κ2) is 7.10. The van der Waals surface area contributed by atoms with Crippen LogP contribution in [0.15, 0.2) is 70.5 Å². The number of piperidine rings is 1. The number of thioether (sulfide) groups is 2. The number of ketones is 1. The normalized spacial score (nSPS) is 21.1. The molecule has 2 aromatic carbocycles. The summed E-state index contributed by atoms with van der Waals surface area (Å²) in [6.45, 7) is 0. The van der Waals surface area contributed by atoms with Crippen LogP contribution in [0.3, 0.4) is 0 Å². The molecule has 2 saturated heterocycles. The lowest BCUT2D eigenvalue weighted by Crippen LogP contribution is -2.44. The Morgan fingerprint density at radius 1 is 0.840 bits per heavy atom. The number of para-hydroxylation sites is 1. The molecule has 5 heteroatoms. The monoisotopic (exact) mass is 367 g/mol. The minimum atomic E-state index is -0.260. The Hall–Kier alpha value is -1.98. The van der Waals surface area contributed by atoms with E-state index < -0.39 is 0 Å². The standard InChI is InChI=1S/C20H17NO2S2/c22-17-13-16(14-7-3-1-4-8-14)21(15-9-5-2-6-10-15)19(23)18(17)20-24-11-12-25-20/h1-10,16H,11-13H2. The van der Waals surface area contributed by atoms with Crippen LogP contribution in [-0.4, -0.2) is 23.2 Å². The number of nitrogens with zero attached hydrogens (tertiary/aromatic N) is 1. The quantitative estimate of drug-likeness (QED) is 0.581. The summed E-state index contributed by atoms with van der Waals surface area (Å²) < 4.78 is 0.891. The van der Waals surface area contributed by atoms with E-state index in [0.29, 0.717) is 12.0 Å². The largest absolute Gasteiger partial charge is 0.300 e. The minimum Gasteiger partial charge on any atom is -0.300 e. The van der Waals surface area contributed by atoms with Crippen molar-refractivity contribution in [3.8, 4) is 0 Å². The smallest absolute Gasteiger partial charge is 0.264 e. The molecule has 126 valence electrons. The molecule has 2 aliphatic heterocycles. The van der Waals surface area contributed by atoms with E-state index in [1.807, 2.05) is 60.7 Å². The van der Waals surface area contributed by atoms with E-state index in [0.717, 1.165) is 27.0 Å². The van der Waals surface area contributed by atoms with Crippen molar-refractivity contribution >= 4 is 40.9 Å². The molecular formula is C20H17NO2S2. The molecule has 3 nitrogen and oxygen atoms in total. The molecule has 0 aromatic heterocycles. The second-order valence-corrected chi connectivity index (χ2v) is 8.39. The van der Waals surface area contributed by atoms with Gasteiger partial charge in [0.2, 0.25) is 0 Å². The van der Waals surface area contributed by atoms with Crippen LogP contribution >= 0.6 is 23.5 Å². The van der Waals surface area contributed by atoms with Crippen molar-refractivity contribution in [1.82, 2.24) is 0 Å². The first-order valence-corrected chi connectivity index (χ1v) is 10.2. The van der Waals surface area contributed by atoms with Crippen molar-refractivity contribution in [1.29, 1.82) is 0 Å². The molecule has 25 heavy (non-hydrogen) atoms. The van der Waals surface area contributed by atoms with Crippen LogP contribution in [0, 0.1) is 0 Å². The third-order valence-electron chi connectivity index (χ3n) is 4.37. The van der Waals surface area contributed by atoms with Crippen molar-refractivity contribution in [3.05, 3.63) is 76.0 Å². The van der Waals surface area contributed by atoms with Gasteiger partial charge in [-0.05, 0) is 17.7 Å². The topological polar surface area (TPSA) is 37.4 Å². The zero-order chi connectivity index (χ0) is 17.2. The van der Waals surface area contributed by atoms with E-state index in [-0.39, 0.29) is 17.7 Å². The highest BCUT2D eigenvalue weighted by molar-refractivity contribution is 8.25. The van der Waals surface area contributed by atoms with Crippen LogP contribution in [0.2, 0.25) is 0 Å². The number of hydrogen-bond donors (Lipinski definition) is 0. The molecule has 0 spiro atoms. The van der Waals surface area contributed by atoms with E-state index in [9.17, 15) is 9.59 Å². The molecule has 0 N–H and O–H groups in total. The summed E-state index contributed by atoms with van der Waals surface area (Å²) in [4.78, 5) is 27.9. The van der Waals surface area contributed by atoms with Crippen LogP contribution in [0.5, 0.6) is 0 Å². The van der Waals surface area contributed by atoms with E-state index in [1.165, 1.54) is 0 Å². The van der Waals surface area contributed by atoms with Crippen LogP contribution < -0.4 is 4.90 Å². The van der Waals surface area contributed by atoms with E-state index in [2.05, 4.69) is 0 Å². The Morgan fingerprint density at radius 3 is 2.08 bits per heavy atom. The SMILES string of the molecule is O=C1CC(c2ccccc2)N(c2ccccc2)C(=O)C1=C1SCCS1. The first kappa shape index (κ1) is 16.5. The van der Waals surface area contributed by atoms with Gasteiger partial charge >= 0.3 is 0 Å². The number of carbonyl (C=O) groups excluding carboxylic acids is 2. The highest BCUT2D eigenvalue weighted by Gasteiger charge is 2.40. The van der Waals surface area contributed by atoms with Gasteiger partial charge in [0.05, 0.1) is 10.3 Å². The molecular weight excluding hydrogens is 350 g/mol. The lowest BCUT2D eigenvalue weighted by Gasteiger charge is -2.36. The van der Waals surface area contributed by atoms with Gasteiger partial charge in [0.15, 0.2) is 5.78 Å². The molecule has 4 rings (SSSR count). The summed E-state index contributed by atoms with van der Waals surface area (Å²) in [5.41, 5.74) is 2.20. The molecule has 2 heterocycles. The van der Waals surface area contributed by atoms with E-state index >= 15 is 0 Å². The van der Waals surface area contributed by atoms with Crippen molar-refractivity contribution < 1.29 is 9.59 Å². The van der Waals surface area contributed by atoms with Crippen molar-refractivity contribution in [2.75, 3.05) is 16.4 Å². The number of hydrogen-bond acceptors (Lipinski definition) is 4. The van der Waals surface area contributed by atoms with Crippen molar-refractivity contribution in [2.24, 2.45) is 0 Å². The number of rotatable bonds is 2. The highest BCUT2D eigenvalue weighted by Crippen LogP contribution is 2.44. The van der Waals surface area contributed by atoms with Gasteiger partial charge in [0, 0.05) is 23.6 Å². The predicted molar refractivity (Wildman–Crippen MR) is 105 cm³/mol. The zero-order valence-electron chi connectivity index (χ0n) is 13.6. The third kappa shape index (κ3) is 3.14. The Balaban J connectivity index is 1.82. The van der Waals surface area contributed by atoms with Crippen LogP contribution in [0.4, 0.5) is 5.69 Å². The average Bonchev–Trinajstić information content (AvgIpc) is 3.17. The van der Waals surface area contributed by atoms with Crippen molar-refractivity contribution in [2.45, 2.75) is 12.5 Å². The zero-order valence-corrected chi connectivity index (χ0v) is 15.2. The lowest BCUT2D eigenvalue weighted by atomic mass is 9.91. The summed E-state index contributed by atoms with van der Waals surface area (Å²) in [6, 6.07) is 19.2. The van der Waals surface area contributed by atoms with Gasteiger partial charge in [-0.25, -0.2) is 0 Å². The summed E-state index contributed by atoms with van der Waals surface area (Å²) in [5.74, 6) is 1.70. The molecule has 1 amide bonds. The highest BCUT2D eigenvalue weighted by atomic mass is 32.2. The van der Waals surface area contributed by atoms with Gasteiger partial charge in [-0.2, -0.15) is 0 Å². The molecule has 0 radical (unpaired) electrons. The number of anilines is 1. The van der Waals surface area contributed by atoms with Gasteiger partial charge in [0.1, 0.15) is 5.57 Å². The molecule has 2 aliphatic rings. The number of benzene rings is 2. The number of carbonyl (C=O) groups is 2. The molecule has 0 bridgehead atoms. The van der Waals surface area contributed by atoms with E-state index in [1.54, 1.807) is 28.4 Å². The first-order chi connectivity index (χ1) is 12.3.